The van der Waals surface area contributed by atoms with Crippen molar-refractivity contribution in [3.63, 3.8) is 0 Å². The molecule has 6 rings (SSSR count). The van der Waals surface area contributed by atoms with Crippen LogP contribution in [0, 0.1) is 6.92 Å². The zero-order chi connectivity index (χ0) is 24.8. The van der Waals surface area contributed by atoms with Gasteiger partial charge in [0.25, 0.3) is 17.7 Å². The molecule has 2 aromatic heterocycles. The molecule has 0 bridgehead atoms. The number of imide groups is 1. The van der Waals surface area contributed by atoms with E-state index in [1.165, 1.54) is 11.8 Å². The van der Waals surface area contributed by atoms with Gasteiger partial charge in [-0.3, -0.25) is 19.3 Å². The zero-order valence-electron chi connectivity index (χ0n) is 19.8. The Bertz CT molecular complexity index is 1500. The minimum Gasteiger partial charge on any atom is -0.467 e. The maximum absolute atomic E-state index is 13.3. The number of anilines is 1. The highest BCUT2D eigenvalue weighted by molar-refractivity contribution is 6.22. The Kier molecular flexibility index (Phi) is 5.29. The van der Waals surface area contributed by atoms with E-state index in [1.807, 2.05) is 18.2 Å². The summed E-state index contributed by atoms with van der Waals surface area (Å²) < 4.78 is 5.29. The molecule has 3 amide bonds. The smallest absolute Gasteiger partial charge is 0.261 e. The molecule has 8 nitrogen and oxygen atoms in total. The Labute approximate surface area is 207 Å². The van der Waals surface area contributed by atoms with Crippen molar-refractivity contribution in [1.29, 1.82) is 0 Å². The van der Waals surface area contributed by atoms with Gasteiger partial charge in [0.15, 0.2) is 0 Å². The maximum Gasteiger partial charge on any atom is 0.261 e. The molecule has 0 spiro atoms. The molecule has 36 heavy (non-hydrogen) atoms. The molecule has 4 aromatic rings. The maximum atomic E-state index is 13.3. The molecule has 8 heteroatoms. The van der Waals surface area contributed by atoms with Crippen LogP contribution in [0.15, 0.2) is 71.3 Å². The molecule has 0 N–H and O–H groups in total. The molecule has 0 aliphatic carbocycles. The van der Waals surface area contributed by atoms with Gasteiger partial charge in [-0.05, 0) is 55.0 Å². The second kappa shape index (κ2) is 8.64. The van der Waals surface area contributed by atoms with E-state index < -0.39 is 5.91 Å². The first-order valence-electron chi connectivity index (χ1n) is 11.9. The van der Waals surface area contributed by atoms with Gasteiger partial charge in [0.05, 0.1) is 29.5 Å². The van der Waals surface area contributed by atoms with E-state index in [4.69, 9.17) is 9.40 Å². The van der Waals surface area contributed by atoms with E-state index >= 15 is 0 Å². The Hall–Kier alpha value is -4.46. The number of carbonyl (C=O) groups is 3. The summed E-state index contributed by atoms with van der Waals surface area (Å²) in [6, 6.07) is 18.4. The van der Waals surface area contributed by atoms with E-state index in [0.29, 0.717) is 43.1 Å². The lowest BCUT2D eigenvalue weighted by Gasteiger charge is -2.35. The Morgan fingerprint density at radius 2 is 1.69 bits per heavy atom. The van der Waals surface area contributed by atoms with E-state index in [-0.39, 0.29) is 23.9 Å². The summed E-state index contributed by atoms with van der Waals surface area (Å²) >= 11 is 0. The van der Waals surface area contributed by atoms with Crippen molar-refractivity contribution >= 4 is 34.4 Å². The lowest BCUT2D eigenvalue weighted by atomic mass is 10.0. The minimum atomic E-state index is -0.413. The first-order chi connectivity index (χ1) is 17.5. The summed E-state index contributed by atoms with van der Waals surface area (Å²) in [5, 5.41) is 1.14. The Morgan fingerprint density at radius 1 is 0.917 bits per heavy atom. The molecular formula is C28H24N4O4. The van der Waals surface area contributed by atoms with Gasteiger partial charge in [-0.25, -0.2) is 4.98 Å². The number of aromatic nitrogens is 1. The van der Waals surface area contributed by atoms with Crippen LogP contribution in [0.5, 0.6) is 0 Å². The molecule has 4 heterocycles. The predicted molar refractivity (Wildman–Crippen MR) is 134 cm³/mol. The molecule has 2 aliphatic rings. The van der Waals surface area contributed by atoms with Crippen LogP contribution >= 0.6 is 0 Å². The summed E-state index contributed by atoms with van der Waals surface area (Å²) in [6.45, 7) is 4.56. The van der Waals surface area contributed by atoms with Crippen LogP contribution in [0.3, 0.4) is 0 Å². The second-order valence-electron chi connectivity index (χ2n) is 9.13. The second-order valence-corrected chi connectivity index (χ2v) is 9.13. The third kappa shape index (κ3) is 3.71. The summed E-state index contributed by atoms with van der Waals surface area (Å²) in [7, 11) is 0. The van der Waals surface area contributed by atoms with Gasteiger partial charge in [0.1, 0.15) is 11.6 Å². The molecular weight excluding hydrogens is 456 g/mol. The number of rotatable bonds is 4. The number of fused-ring (bicyclic) bond motifs is 2. The molecule has 0 radical (unpaired) electrons. The number of nitrogens with zero attached hydrogens (tertiary/aromatic N) is 4. The monoisotopic (exact) mass is 480 g/mol. The summed E-state index contributed by atoms with van der Waals surface area (Å²) in [4.78, 5) is 48.9. The first-order valence-corrected chi connectivity index (χ1v) is 11.9. The molecule has 1 fully saturated rings. The number of carbonyl (C=O) groups excluding carboxylic acids is 3. The van der Waals surface area contributed by atoms with Crippen molar-refractivity contribution in [3.05, 3.63) is 94.9 Å². The zero-order valence-corrected chi connectivity index (χ0v) is 19.8. The van der Waals surface area contributed by atoms with Gasteiger partial charge in [0, 0.05) is 37.1 Å². The highest BCUT2D eigenvalue weighted by atomic mass is 16.3. The number of amides is 3. The number of piperazine rings is 1. The number of para-hydroxylation sites is 1. The van der Waals surface area contributed by atoms with E-state index in [2.05, 4.69) is 24.0 Å². The molecule has 0 saturated carbocycles. The van der Waals surface area contributed by atoms with Gasteiger partial charge in [-0.1, -0.05) is 18.2 Å². The molecule has 1 saturated heterocycles. The molecule has 0 atom stereocenters. The van der Waals surface area contributed by atoms with Crippen LogP contribution in [0.1, 0.15) is 42.4 Å². The van der Waals surface area contributed by atoms with Gasteiger partial charge in [-0.15, -0.1) is 0 Å². The van der Waals surface area contributed by atoms with Crippen LogP contribution in [0.4, 0.5) is 5.82 Å². The quantitative estimate of drug-likeness (QED) is 0.412. The molecule has 180 valence electrons. The standard InChI is InChI=1S/C28H24N4O4/c1-18-15-25(29-24-7-3-2-6-21(18)24)30-10-12-31(13-11-30)26(33)19-8-9-22-23(16-19)28(35)32(27(22)34)17-20-5-4-14-36-20/h2-9,14-16H,10-13,17H2,1H3. The van der Waals surface area contributed by atoms with Crippen LogP contribution < -0.4 is 4.90 Å². The van der Waals surface area contributed by atoms with E-state index in [0.717, 1.165) is 21.6 Å². The molecule has 0 unspecified atom stereocenters. The third-order valence-corrected chi connectivity index (χ3v) is 6.91. The van der Waals surface area contributed by atoms with E-state index in [1.54, 1.807) is 35.2 Å². The normalized spacial score (nSPS) is 15.6. The lowest BCUT2D eigenvalue weighted by molar-refractivity contribution is 0.0631. The number of benzene rings is 2. The van der Waals surface area contributed by atoms with Gasteiger partial charge >= 0.3 is 0 Å². The van der Waals surface area contributed by atoms with Gasteiger partial charge in [-0.2, -0.15) is 0 Å². The number of pyridine rings is 1. The van der Waals surface area contributed by atoms with Crippen molar-refractivity contribution in [2.24, 2.45) is 0 Å². The number of hydrogen-bond donors (Lipinski definition) is 0. The largest absolute Gasteiger partial charge is 0.467 e. The van der Waals surface area contributed by atoms with Crippen LogP contribution in [-0.4, -0.2) is 58.7 Å². The van der Waals surface area contributed by atoms with Gasteiger partial charge < -0.3 is 14.2 Å². The highest BCUT2D eigenvalue weighted by Gasteiger charge is 2.37. The highest BCUT2D eigenvalue weighted by Crippen LogP contribution is 2.27. The predicted octanol–water partition coefficient (Wildman–Crippen LogP) is 3.89. The van der Waals surface area contributed by atoms with Crippen LogP contribution in [0.2, 0.25) is 0 Å². The lowest BCUT2D eigenvalue weighted by Crippen LogP contribution is -2.49. The van der Waals surface area contributed by atoms with Crippen molar-refractivity contribution in [3.8, 4) is 0 Å². The first kappa shape index (κ1) is 22.0. The number of furan rings is 1. The van der Waals surface area contributed by atoms with Crippen molar-refractivity contribution in [2.45, 2.75) is 13.5 Å². The summed E-state index contributed by atoms with van der Waals surface area (Å²) in [6.07, 6.45) is 1.50. The summed E-state index contributed by atoms with van der Waals surface area (Å²) in [5.74, 6) is 0.497. The SMILES string of the molecule is Cc1cc(N2CCN(C(=O)c3ccc4c(c3)C(=O)N(Cc3ccco3)C4=O)CC2)nc2ccccc12. The van der Waals surface area contributed by atoms with Crippen molar-refractivity contribution < 1.29 is 18.8 Å². The fourth-order valence-corrected chi connectivity index (χ4v) is 4.94. The Balaban J connectivity index is 1.16. The minimum absolute atomic E-state index is 0.0624. The topological polar surface area (TPSA) is 87.0 Å². The van der Waals surface area contributed by atoms with Gasteiger partial charge in [0.2, 0.25) is 0 Å². The van der Waals surface area contributed by atoms with E-state index in [9.17, 15) is 14.4 Å². The molecule has 2 aliphatic heterocycles. The fraction of sp³-hybridized carbons (Fsp3) is 0.214. The molecule has 2 aromatic carbocycles. The van der Waals surface area contributed by atoms with Crippen LogP contribution in [0.25, 0.3) is 10.9 Å². The average molecular weight is 481 g/mol. The Morgan fingerprint density at radius 3 is 2.47 bits per heavy atom. The fourth-order valence-electron chi connectivity index (χ4n) is 4.94. The van der Waals surface area contributed by atoms with Crippen LogP contribution in [-0.2, 0) is 6.54 Å². The van der Waals surface area contributed by atoms with Crippen molar-refractivity contribution in [1.82, 2.24) is 14.8 Å². The van der Waals surface area contributed by atoms with Crippen molar-refractivity contribution in [2.75, 3.05) is 31.1 Å². The summed E-state index contributed by atoms with van der Waals surface area (Å²) in [5.41, 5.74) is 3.11. The number of aryl methyl sites for hydroxylation is 1. The third-order valence-electron chi connectivity index (χ3n) is 6.91. The average Bonchev–Trinajstić information content (AvgIpc) is 3.51. The number of hydrogen-bond acceptors (Lipinski definition) is 6.